The molecular formula is C8H12N4O4. The molecule has 0 radical (unpaired) electrons. The molecule has 0 N–H and O–H groups in total. The van der Waals surface area contributed by atoms with Gasteiger partial charge in [0.05, 0.1) is 0 Å². The van der Waals surface area contributed by atoms with Gasteiger partial charge in [-0.05, 0) is 0 Å². The summed E-state index contributed by atoms with van der Waals surface area (Å²) in [5.41, 5.74) is 0. The van der Waals surface area contributed by atoms with E-state index in [9.17, 15) is 0 Å². The van der Waals surface area contributed by atoms with Gasteiger partial charge >= 0.3 is 11.8 Å². The van der Waals surface area contributed by atoms with Crippen LogP contribution in [0.15, 0.2) is 10.2 Å². The van der Waals surface area contributed by atoms with E-state index >= 15 is 0 Å². The smallest absolute Gasteiger partial charge is 0.322 e. The van der Waals surface area contributed by atoms with Crippen molar-refractivity contribution in [3.63, 3.8) is 0 Å². The highest BCUT2D eigenvalue weighted by Crippen LogP contribution is 2.18. The maximum Gasteiger partial charge on any atom is 0.380 e. The minimum absolute atomic E-state index is 1.21. The first-order chi connectivity index (χ1) is 7.57. The zero-order valence-electron chi connectivity index (χ0n) is 9.42. The first-order valence-corrected chi connectivity index (χ1v) is 4.04. The third-order valence-corrected chi connectivity index (χ3v) is 1.70. The fourth-order valence-electron chi connectivity index (χ4n) is 0.689. The Balaban J connectivity index is 5.08. The van der Waals surface area contributed by atoms with Crippen LogP contribution < -0.4 is 0 Å². The zero-order chi connectivity index (χ0) is 12.7. The van der Waals surface area contributed by atoms with Crippen LogP contribution in [0.2, 0.25) is 0 Å². The largest absolute Gasteiger partial charge is 0.380 e. The third kappa shape index (κ3) is 2.95. The number of ether oxygens (including phenoxy) is 4. The molecule has 0 aliphatic carbocycles. The molecule has 0 heterocycles. The summed E-state index contributed by atoms with van der Waals surface area (Å²) in [6, 6.07) is 3.27. The van der Waals surface area contributed by atoms with Crippen LogP contribution in [0.4, 0.5) is 0 Å². The van der Waals surface area contributed by atoms with Gasteiger partial charge in [0.25, 0.3) is 0 Å². The summed E-state index contributed by atoms with van der Waals surface area (Å²) in [6.45, 7) is 0. The molecule has 0 fully saturated rings. The Kier molecular flexibility index (Phi) is 5.50. The zero-order valence-corrected chi connectivity index (χ0v) is 9.42. The van der Waals surface area contributed by atoms with Crippen molar-refractivity contribution in [2.75, 3.05) is 28.4 Å². The summed E-state index contributed by atoms with van der Waals surface area (Å²) in [4.78, 5) is 0. The lowest BCUT2D eigenvalue weighted by Crippen LogP contribution is -2.33. The summed E-state index contributed by atoms with van der Waals surface area (Å²) in [5, 5.41) is 24.4. The highest BCUT2D eigenvalue weighted by Gasteiger charge is 2.35. The molecule has 0 rings (SSSR count). The van der Waals surface area contributed by atoms with Crippen molar-refractivity contribution < 1.29 is 18.9 Å². The predicted molar refractivity (Wildman–Crippen MR) is 49.6 cm³/mol. The molecule has 8 nitrogen and oxygen atoms in total. The van der Waals surface area contributed by atoms with Gasteiger partial charge < -0.3 is 18.9 Å². The Bertz CT molecular complexity index is 290. The van der Waals surface area contributed by atoms with Crippen LogP contribution in [0.5, 0.6) is 0 Å². The van der Waals surface area contributed by atoms with Crippen LogP contribution in [0, 0.1) is 22.7 Å². The van der Waals surface area contributed by atoms with Crippen LogP contribution in [0.3, 0.4) is 0 Å². The fourth-order valence-corrected chi connectivity index (χ4v) is 0.689. The summed E-state index contributed by atoms with van der Waals surface area (Å²) in [5.74, 6) is -3.84. The van der Waals surface area contributed by atoms with Gasteiger partial charge in [0, 0.05) is 28.4 Å². The van der Waals surface area contributed by atoms with Gasteiger partial charge in [-0.15, -0.1) is 10.2 Å². The fraction of sp³-hybridized carbons (Fsp3) is 0.750. The molecule has 16 heavy (non-hydrogen) atoms. The number of nitrogens with zero attached hydrogens (tertiary/aromatic N) is 4. The average molecular weight is 228 g/mol. The second-order valence-electron chi connectivity index (χ2n) is 2.40. The molecule has 0 aromatic rings. The number of hydrogen-bond acceptors (Lipinski definition) is 8. The predicted octanol–water partition coefficient (Wildman–Crippen LogP) is 0.379. The topological polar surface area (TPSA) is 109 Å². The van der Waals surface area contributed by atoms with E-state index in [0.29, 0.717) is 0 Å². The van der Waals surface area contributed by atoms with Gasteiger partial charge in [-0.25, -0.2) is 0 Å². The molecule has 0 spiro atoms. The molecule has 0 aliphatic heterocycles. The quantitative estimate of drug-likeness (QED) is 0.480. The van der Waals surface area contributed by atoms with E-state index in [4.69, 9.17) is 29.5 Å². The van der Waals surface area contributed by atoms with Crippen LogP contribution >= 0.6 is 0 Å². The van der Waals surface area contributed by atoms with Gasteiger partial charge in [-0.2, -0.15) is 10.5 Å². The summed E-state index contributed by atoms with van der Waals surface area (Å²) in [6.07, 6.45) is 0. The maximum absolute atomic E-state index is 8.77. The summed E-state index contributed by atoms with van der Waals surface area (Å²) >= 11 is 0. The first kappa shape index (κ1) is 14.4. The van der Waals surface area contributed by atoms with Gasteiger partial charge in [0.15, 0.2) is 12.1 Å². The number of methoxy groups -OCH3 is 4. The molecule has 0 unspecified atom stereocenters. The highest BCUT2D eigenvalue weighted by molar-refractivity contribution is 4.94. The Hall–Kier alpha value is -1.58. The van der Waals surface area contributed by atoms with Crippen molar-refractivity contribution in [1.29, 1.82) is 10.5 Å². The van der Waals surface area contributed by atoms with E-state index in [1.165, 1.54) is 28.4 Å². The Morgan fingerprint density at radius 2 is 1.00 bits per heavy atom. The second-order valence-corrected chi connectivity index (χ2v) is 2.40. The lowest BCUT2D eigenvalue weighted by Gasteiger charge is -2.20. The molecule has 0 saturated heterocycles. The number of hydrogen-bond donors (Lipinski definition) is 0. The standard InChI is InChI=1S/C8H12N4O4/c1-13-7(5-9,14-2)11-12-8(6-10,15-3)16-4/h1-4H3/b12-11+. The van der Waals surface area contributed by atoms with Crippen molar-refractivity contribution >= 4 is 0 Å². The van der Waals surface area contributed by atoms with E-state index in [2.05, 4.69) is 10.2 Å². The molecule has 8 heteroatoms. The van der Waals surface area contributed by atoms with Crippen molar-refractivity contribution in [3.8, 4) is 12.1 Å². The van der Waals surface area contributed by atoms with Crippen LogP contribution in [0.1, 0.15) is 0 Å². The van der Waals surface area contributed by atoms with Crippen LogP contribution in [-0.2, 0) is 18.9 Å². The highest BCUT2D eigenvalue weighted by atomic mass is 16.7. The average Bonchev–Trinajstić information content (AvgIpc) is 2.37. The Labute approximate surface area is 93.0 Å². The van der Waals surface area contributed by atoms with Gasteiger partial charge in [-0.3, -0.25) is 0 Å². The molecule has 0 atom stereocenters. The van der Waals surface area contributed by atoms with E-state index in [0.717, 1.165) is 0 Å². The van der Waals surface area contributed by atoms with Crippen molar-refractivity contribution in [2.45, 2.75) is 11.8 Å². The third-order valence-electron chi connectivity index (χ3n) is 1.70. The molecular weight excluding hydrogens is 216 g/mol. The molecule has 0 bridgehead atoms. The van der Waals surface area contributed by atoms with Crippen LogP contribution in [-0.4, -0.2) is 40.3 Å². The molecule has 0 amide bonds. The molecule has 0 aromatic carbocycles. The van der Waals surface area contributed by atoms with Gasteiger partial charge in [0.2, 0.25) is 0 Å². The van der Waals surface area contributed by atoms with E-state index in [1.807, 2.05) is 0 Å². The maximum atomic E-state index is 8.77. The Morgan fingerprint density at radius 3 is 1.12 bits per heavy atom. The van der Waals surface area contributed by atoms with E-state index in [-0.39, 0.29) is 0 Å². The molecule has 0 saturated carbocycles. The first-order valence-electron chi connectivity index (χ1n) is 4.04. The minimum atomic E-state index is -1.92. The summed E-state index contributed by atoms with van der Waals surface area (Å²) in [7, 11) is 4.83. The van der Waals surface area contributed by atoms with Crippen LogP contribution in [0.25, 0.3) is 0 Å². The lowest BCUT2D eigenvalue weighted by atomic mass is 10.5. The minimum Gasteiger partial charge on any atom is -0.322 e. The van der Waals surface area contributed by atoms with Crippen molar-refractivity contribution in [1.82, 2.24) is 0 Å². The second kappa shape index (κ2) is 6.10. The monoisotopic (exact) mass is 228 g/mol. The van der Waals surface area contributed by atoms with Gasteiger partial charge in [0.1, 0.15) is 0 Å². The number of rotatable bonds is 6. The summed E-state index contributed by atoms with van der Waals surface area (Å²) < 4.78 is 18.8. The normalized spacial score (nSPS) is 12.4. The molecule has 0 aliphatic rings. The van der Waals surface area contributed by atoms with Crippen molar-refractivity contribution in [3.05, 3.63) is 0 Å². The van der Waals surface area contributed by atoms with E-state index in [1.54, 1.807) is 12.1 Å². The molecule has 0 aromatic heterocycles. The lowest BCUT2D eigenvalue weighted by molar-refractivity contribution is -0.188. The number of nitriles is 2. The van der Waals surface area contributed by atoms with Crippen molar-refractivity contribution in [2.24, 2.45) is 10.2 Å². The molecule has 88 valence electrons. The van der Waals surface area contributed by atoms with E-state index < -0.39 is 11.8 Å². The van der Waals surface area contributed by atoms with Gasteiger partial charge in [-0.1, -0.05) is 0 Å². The Morgan fingerprint density at radius 1 is 0.750 bits per heavy atom. The SMILES string of the molecule is COC(C#N)(/N=N/C(C#N)(OC)OC)OC. The number of azo groups is 1.